The zero-order valence-electron chi connectivity index (χ0n) is 12.2. The number of amides is 1. The first-order valence-electron chi connectivity index (χ1n) is 6.62. The van der Waals surface area contributed by atoms with Crippen LogP contribution < -0.4 is 0 Å². The second-order valence-corrected chi connectivity index (χ2v) is 4.22. The van der Waals surface area contributed by atoms with E-state index in [1.165, 1.54) is 0 Å². The maximum absolute atomic E-state index is 12.1. The summed E-state index contributed by atoms with van der Waals surface area (Å²) in [4.78, 5) is 27.0. The van der Waals surface area contributed by atoms with Gasteiger partial charge in [-0.15, -0.1) is 0 Å². The average Bonchev–Trinajstić information content (AvgIpc) is 2.36. The number of carbonyl (C=O) groups excluding carboxylic acids is 2. The Kier molecular flexibility index (Phi) is 8.37. The van der Waals surface area contributed by atoms with Crippen LogP contribution >= 0.6 is 0 Å². The molecule has 1 amide bonds. The SMILES string of the molecule is CCOC(=O)CCN(C)C(C)C(=O)N(CC)CC. The molecule has 1 unspecified atom stereocenters. The van der Waals surface area contributed by atoms with E-state index in [4.69, 9.17) is 4.74 Å². The molecule has 18 heavy (non-hydrogen) atoms. The van der Waals surface area contributed by atoms with Gasteiger partial charge in [0.25, 0.3) is 0 Å². The van der Waals surface area contributed by atoms with Crippen LogP contribution in [0.4, 0.5) is 0 Å². The van der Waals surface area contributed by atoms with Crippen molar-refractivity contribution in [2.75, 3.05) is 33.3 Å². The van der Waals surface area contributed by atoms with Gasteiger partial charge in [0.1, 0.15) is 0 Å². The van der Waals surface area contributed by atoms with Crippen molar-refractivity contribution in [1.82, 2.24) is 9.80 Å². The first kappa shape index (κ1) is 16.9. The Balaban J connectivity index is 4.20. The third kappa shape index (κ3) is 5.49. The fourth-order valence-electron chi connectivity index (χ4n) is 1.68. The smallest absolute Gasteiger partial charge is 0.307 e. The summed E-state index contributed by atoms with van der Waals surface area (Å²) >= 11 is 0. The highest BCUT2D eigenvalue weighted by Gasteiger charge is 2.22. The summed E-state index contributed by atoms with van der Waals surface area (Å²) < 4.78 is 4.86. The van der Waals surface area contributed by atoms with Gasteiger partial charge in [-0.25, -0.2) is 0 Å². The summed E-state index contributed by atoms with van der Waals surface area (Å²) in [5.74, 6) is -0.113. The van der Waals surface area contributed by atoms with Gasteiger partial charge in [-0.05, 0) is 34.7 Å². The lowest BCUT2D eigenvalue weighted by Gasteiger charge is -2.28. The fraction of sp³-hybridized carbons (Fsp3) is 0.846. The first-order valence-corrected chi connectivity index (χ1v) is 6.62. The van der Waals surface area contributed by atoms with Crippen molar-refractivity contribution in [3.05, 3.63) is 0 Å². The van der Waals surface area contributed by atoms with Crippen LogP contribution in [0, 0.1) is 0 Å². The standard InChI is InChI=1S/C13H26N2O3/c1-6-15(7-2)13(17)11(4)14(5)10-9-12(16)18-8-3/h11H,6-10H2,1-5H3. The topological polar surface area (TPSA) is 49.9 Å². The predicted molar refractivity (Wildman–Crippen MR) is 71.3 cm³/mol. The van der Waals surface area contributed by atoms with Crippen LogP contribution in [-0.4, -0.2) is 61.0 Å². The van der Waals surface area contributed by atoms with Gasteiger partial charge in [-0.1, -0.05) is 0 Å². The third-order valence-electron chi connectivity index (χ3n) is 3.07. The molecule has 106 valence electrons. The van der Waals surface area contributed by atoms with Crippen LogP contribution in [0.5, 0.6) is 0 Å². The van der Waals surface area contributed by atoms with E-state index in [9.17, 15) is 9.59 Å². The van der Waals surface area contributed by atoms with Crippen LogP contribution in [0.3, 0.4) is 0 Å². The second kappa shape index (κ2) is 8.91. The normalized spacial score (nSPS) is 12.3. The molecule has 0 N–H and O–H groups in total. The number of rotatable bonds is 8. The van der Waals surface area contributed by atoms with Crippen LogP contribution in [0.15, 0.2) is 0 Å². The lowest BCUT2D eigenvalue weighted by molar-refractivity contribution is -0.144. The van der Waals surface area contributed by atoms with E-state index in [1.54, 1.807) is 11.8 Å². The van der Waals surface area contributed by atoms with E-state index in [0.29, 0.717) is 32.7 Å². The number of likely N-dealkylation sites (N-methyl/N-ethyl adjacent to an activating group) is 2. The van der Waals surface area contributed by atoms with Gasteiger partial charge in [0, 0.05) is 19.6 Å². The molecule has 0 aliphatic heterocycles. The summed E-state index contributed by atoms with van der Waals surface area (Å²) in [5, 5.41) is 0. The Morgan fingerprint density at radius 3 is 2.17 bits per heavy atom. The molecule has 0 saturated carbocycles. The van der Waals surface area contributed by atoms with Crippen molar-refractivity contribution in [2.24, 2.45) is 0 Å². The van der Waals surface area contributed by atoms with Crippen molar-refractivity contribution in [3.8, 4) is 0 Å². The van der Waals surface area contributed by atoms with Crippen molar-refractivity contribution in [2.45, 2.75) is 40.2 Å². The minimum atomic E-state index is -0.216. The van der Waals surface area contributed by atoms with Crippen molar-refractivity contribution in [3.63, 3.8) is 0 Å². The lowest BCUT2D eigenvalue weighted by atomic mass is 10.2. The highest BCUT2D eigenvalue weighted by atomic mass is 16.5. The Morgan fingerprint density at radius 1 is 1.17 bits per heavy atom. The van der Waals surface area contributed by atoms with Crippen LogP contribution in [0.1, 0.15) is 34.1 Å². The average molecular weight is 258 g/mol. The summed E-state index contributed by atoms with van der Waals surface area (Å²) in [6, 6.07) is -0.209. The molecule has 0 aliphatic rings. The molecule has 0 fully saturated rings. The van der Waals surface area contributed by atoms with Gasteiger partial charge < -0.3 is 9.64 Å². The maximum Gasteiger partial charge on any atom is 0.307 e. The molecule has 0 saturated heterocycles. The molecule has 0 aromatic carbocycles. The summed E-state index contributed by atoms with van der Waals surface area (Å²) in [6.07, 6.45) is 0.320. The molecular formula is C13H26N2O3. The Bertz CT molecular complexity index is 265. The first-order chi connectivity index (χ1) is 8.47. The highest BCUT2D eigenvalue weighted by molar-refractivity contribution is 5.81. The monoisotopic (exact) mass is 258 g/mol. The highest BCUT2D eigenvalue weighted by Crippen LogP contribution is 2.03. The molecule has 0 heterocycles. The summed E-state index contributed by atoms with van der Waals surface area (Å²) in [5.41, 5.74) is 0. The van der Waals surface area contributed by atoms with Gasteiger partial charge in [0.05, 0.1) is 19.1 Å². The number of ether oxygens (including phenoxy) is 1. The number of nitrogens with zero attached hydrogens (tertiary/aromatic N) is 2. The van der Waals surface area contributed by atoms with E-state index >= 15 is 0 Å². The van der Waals surface area contributed by atoms with E-state index < -0.39 is 0 Å². The quantitative estimate of drug-likeness (QED) is 0.612. The summed E-state index contributed by atoms with van der Waals surface area (Å²) in [7, 11) is 1.85. The van der Waals surface area contributed by atoms with Crippen molar-refractivity contribution < 1.29 is 14.3 Å². The molecule has 5 heteroatoms. The van der Waals surface area contributed by atoms with Gasteiger partial charge >= 0.3 is 5.97 Å². The minimum Gasteiger partial charge on any atom is -0.466 e. The molecule has 0 spiro atoms. The predicted octanol–water partition coefficient (Wildman–Crippen LogP) is 1.13. The van der Waals surface area contributed by atoms with Crippen molar-refractivity contribution in [1.29, 1.82) is 0 Å². The van der Waals surface area contributed by atoms with Crippen LogP contribution in [0.25, 0.3) is 0 Å². The molecule has 1 atom stereocenters. The van der Waals surface area contributed by atoms with Gasteiger partial charge in [-0.3, -0.25) is 14.5 Å². The van der Waals surface area contributed by atoms with Crippen LogP contribution in [0.2, 0.25) is 0 Å². The Hall–Kier alpha value is -1.10. The van der Waals surface area contributed by atoms with E-state index in [1.807, 2.05) is 32.7 Å². The lowest BCUT2D eigenvalue weighted by Crippen LogP contribution is -2.46. The molecule has 5 nitrogen and oxygen atoms in total. The van der Waals surface area contributed by atoms with Gasteiger partial charge in [0.15, 0.2) is 0 Å². The molecule has 0 aromatic heterocycles. The van der Waals surface area contributed by atoms with E-state index in [0.717, 1.165) is 0 Å². The molecule has 0 aromatic rings. The fourth-order valence-corrected chi connectivity index (χ4v) is 1.68. The second-order valence-electron chi connectivity index (χ2n) is 4.22. The zero-order chi connectivity index (χ0) is 14.1. The number of carbonyl (C=O) groups is 2. The van der Waals surface area contributed by atoms with Gasteiger partial charge in [-0.2, -0.15) is 0 Å². The molecule has 0 rings (SSSR count). The van der Waals surface area contributed by atoms with E-state index in [2.05, 4.69) is 0 Å². The Labute approximate surface area is 110 Å². The third-order valence-corrected chi connectivity index (χ3v) is 3.07. The van der Waals surface area contributed by atoms with E-state index in [-0.39, 0.29) is 17.9 Å². The molecule has 0 bridgehead atoms. The van der Waals surface area contributed by atoms with Gasteiger partial charge in [0.2, 0.25) is 5.91 Å². The number of esters is 1. The number of hydrogen-bond acceptors (Lipinski definition) is 4. The Morgan fingerprint density at radius 2 is 1.72 bits per heavy atom. The largest absolute Gasteiger partial charge is 0.466 e. The molecule has 0 aliphatic carbocycles. The van der Waals surface area contributed by atoms with Crippen molar-refractivity contribution >= 4 is 11.9 Å². The molecular weight excluding hydrogens is 232 g/mol. The zero-order valence-corrected chi connectivity index (χ0v) is 12.2. The molecule has 0 radical (unpaired) electrons. The number of hydrogen-bond donors (Lipinski definition) is 0. The maximum atomic E-state index is 12.1. The van der Waals surface area contributed by atoms with Crippen LogP contribution in [-0.2, 0) is 14.3 Å². The minimum absolute atomic E-state index is 0.103. The summed E-state index contributed by atoms with van der Waals surface area (Å²) in [6.45, 7) is 9.94.